The molecule has 0 bridgehead atoms. The van der Waals surface area contributed by atoms with Crippen molar-refractivity contribution in [3.8, 4) is 5.75 Å². The molecule has 8 heteroatoms. The third-order valence-electron chi connectivity index (χ3n) is 6.27. The number of aromatic hydroxyl groups is 1. The molecule has 5 rings (SSSR count). The Morgan fingerprint density at radius 1 is 1.24 bits per heavy atom. The van der Waals surface area contributed by atoms with Crippen LogP contribution in [0.25, 0.3) is 21.7 Å². The van der Waals surface area contributed by atoms with Crippen LogP contribution >= 0.6 is 11.6 Å². The summed E-state index contributed by atoms with van der Waals surface area (Å²) in [5.41, 5.74) is 2.30. The highest BCUT2D eigenvalue weighted by molar-refractivity contribution is 6.29. The van der Waals surface area contributed by atoms with Crippen molar-refractivity contribution in [2.45, 2.75) is 19.9 Å². The number of ether oxygens (including phenoxy) is 2. The molecule has 0 radical (unpaired) electrons. The van der Waals surface area contributed by atoms with E-state index in [0.29, 0.717) is 64.7 Å². The molecule has 7 nitrogen and oxygen atoms in total. The van der Waals surface area contributed by atoms with Gasteiger partial charge in [-0.05, 0) is 31.5 Å². The van der Waals surface area contributed by atoms with Gasteiger partial charge in [-0.2, -0.15) is 0 Å². The van der Waals surface area contributed by atoms with Gasteiger partial charge >= 0.3 is 5.97 Å². The van der Waals surface area contributed by atoms with Crippen LogP contribution in [-0.2, 0) is 9.47 Å². The van der Waals surface area contributed by atoms with Gasteiger partial charge in [-0.3, -0.25) is 4.90 Å². The van der Waals surface area contributed by atoms with Crippen LogP contribution in [0.2, 0.25) is 5.15 Å². The summed E-state index contributed by atoms with van der Waals surface area (Å²) in [6.07, 6.45) is 1.65. The monoisotopic (exact) mass is 480 g/mol. The number of carbonyl (C=O) groups excluding carboxylic acids is 1. The van der Waals surface area contributed by atoms with Crippen LogP contribution in [0.15, 0.2) is 47.0 Å². The Labute approximate surface area is 201 Å². The van der Waals surface area contributed by atoms with E-state index < -0.39 is 12.0 Å². The molecule has 1 aliphatic rings. The predicted molar refractivity (Wildman–Crippen MR) is 130 cm³/mol. The van der Waals surface area contributed by atoms with Crippen molar-refractivity contribution in [1.29, 1.82) is 0 Å². The van der Waals surface area contributed by atoms with Crippen molar-refractivity contribution < 1.29 is 23.8 Å². The quantitative estimate of drug-likeness (QED) is 0.308. The maximum atomic E-state index is 13.1. The van der Waals surface area contributed by atoms with Crippen LogP contribution in [0.5, 0.6) is 5.75 Å². The minimum Gasteiger partial charge on any atom is -0.507 e. The fourth-order valence-electron chi connectivity index (χ4n) is 4.84. The lowest BCUT2D eigenvalue weighted by molar-refractivity contribution is 0.0238. The molecule has 2 aromatic carbocycles. The molecule has 0 saturated carbocycles. The number of phenols is 1. The van der Waals surface area contributed by atoms with Crippen LogP contribution in [0.1, 0.15) is 40.2 Å². The number of hydrogen-bond donors (Lipinski definition) is 1. The largest absolute Gasteiger partial charge is 0.507 e. The molecule has 1 saturated heterocycles. The average Bonchev–Trinajstić information content (AvgIpc) is 3.19. The first-order valence-corrected chi connectivity index (χ1v) is 11.7. The molecule has 4 aromatic rings. The second-order valence-electron chi connectivity index (χ2n) is 8.23. The Balaban J connectivity index is 1.90. The number of esters is 1. The fraction of sp³-hybridized carbons (Fsp3) is 0.308. The topological polar surface area (TPSA) is 85.0 Å². The SMILES string of the molecule is CCOC(=O)c1c(C)oc2c1c(C(c1ccnc(Cl)c1)N1CCOCC1)c(O)c1ccccc12. The molecule has 1 aliphatic heterocycles. The lowest BCUT2D eigenvalue weighted by atomic mass is 9.89. The van der Waals surface area contributed by atoms with Crippen LogP contribution in [0.3, 0.4) is 0 Å². The van der Waals surface area contributed by atoms with E-state index in [1.54, 1.807) is 26.1 Å². The van der Waals surface area contributed by atoms with Crippen molar-refractivity contribution >= 4 is 39.3 Å². The number of pyridine rings is 1. The van der Waals surface area contributed by atoms with Crippen molar-refractivity contribution in [2.24, 2.45) is 0 Å². The number of phenolic OH excluding ortho intramolecular Hbond substituents is 1. The summed E-state index contributed by atoms with van der Waals surface area (Å²) in [5, 5.41) is 14.0. The van der Waals surface area contributed by atoms with Gasteiger partial charge in [-0.15, -0.1) is 0 Å². The Morgan fingerprint density at radius 3 is 2.68 bits per heavy atom. The second-order valence-corrected chi connectivity index (χ2v) is 8.62. The summed E-state index contributed by atoms with van der Waals surface area (Å²) in [6, 6.07) is 10.7. The third-order valence-corrected chi connectivity index (χ3v) is 6.47. The number of halogens is 1. The molecule has 3 heterocycles. The molecule has 1 unspecified atom stereocenters. The molecule has 176 valence electrons. The van der Waals surface area contributed by atoms with Crippen molar-refractivity contribution in [2.75, 3.05) is 32.9 Å². The van der Waals surface area contributed by atoms with Gasteiger partial charge in [0.2, 0.25) is 0 Å². The number of carbonyl (C=O) groups is 1. The number of hydrogen-bond acceptors (Lipinski definition) is 7. The third kappa shape index (κ3) is 3.79. The minimum absolute atomic E-state index is 0.0962. The van der Waals surface area contributed by atoms with Gasteiger partial charge in [0.25, 0.3) is 0 Å². The van der Waals surface area contributed by atoms with Gasteiger partial charge in [0.15, 0.2) is 0 Å². The fourth-order valence-corrected chi connectivity index (χ4v) is 5.02. The molecule has 1 N–H and O–H groups in total. The van der Waals surface area contributed by atoms with E-state index in [1.165, 1.54) is 0 Å². The Hall–Kier alpha value is -3.13. The molecular formula is C26H25ClN2O5. The number of furan rings is 1. The molecule has 34 heavy (non-hydrogen) atoms. The lowest BCUT2D eigenvalue weighted by Crippen LogP contribution is -2.39. The average molecular weight is 481 g/mol. The van der Waals surface area contributed by atoms with E-state index in [1.807, 2.05) is 30.3 Å². The van der Waals surface area contributed by atoms with Crippen LogP contribution in [0.4, 0.5) is 0 Å². The van der Waals surface area contributed by atoms with E-state index in [4.69, 9.17) is 25.5 Å². The van der Waals surface area contributed by atoms with E-state index in [2.05, 4.69) is 9.88 Å². The first-order valence-electron chi connectivity index (χ1n) is 11.3. The van der Waals surface area contributed by atoms with Gasteiger partial charge in [0, 0.05) is 41.0 Å². The zero-order valence-electron chi connectivity index (χ0n) is 19.0. The number of morpholine rings is 1. The summed E-state index contributed by atoms with van der Waals surface area (Å²) in [7, 11) is 0. The van der Waals surface area contributed by atoms with E-state index in [9.17, 15) is 9.90 Å². The molecule has 0 spiro atoms. The van der Waals surface area contributed by atoms with Gasteiger partial charge in [-0.1, -0.05) is 35.9 Å². The van der Waals surface area contributed by atoms with Gasteiger partial charge < -0.3 is 19.0 Å². The molecular weight excluding hydrogens is 456 g/mol. The van der Waals surface area contributed by atoms with E-state index in [-0.39, 0.29) is 12.4 Å². The van der Waals surface area contributed by atoms with Crippen molar-refractivity contribution in [3.63, 3.8) is 0 Å². The number of aryl methyl sites for hydroxylation is 1. The van der Waals surface area contributed by atoms with E-state index >= 15 is 0 Å². The molecule has 1 fully saturated rings. The number of benzene rings is 2. The van der Waals surface area contributed by atoms with Crippen LogP contribution in [-0.4, -0.2) is 53.9 Å². The Bertz CT molecular complexity index is 1380. The molecule has 1 atom stereocenters. The first-order chi connectivity index (χ1) is 16.5. The summed E-state index contributed by atoms with van der Waals surface area (Å²) in [4.78, 5) is 19.5. The highest BCUT2D eigenvalue weighted by Gasteiger charge is 2.34. The molecule has 0 aliphatic carbocycles. The summed E-state index contributed by atoms with van der Waals surface area (Å²) >= 11 is 6.29. The zero-order chi connectivity index (χ0) is 23.8. The number of rotatable bonds is 5. The molecule has 0 amide bonds. The molecule has 2 aromatic heterocycles. The summed E-state index contributed by atoms with van der Waals surface area (Å²) in [6.45, 7) is 6.14. The second kappa shape index (κ2) is 9.25. The van der Waals surface area contributed by atoms with Crippen LogP contribution in [0, 0.1) is 6.92 Å². The number of fused-ring (bicyclic) bond motifs is 3. The van der Waals surface area contributed by atoms with Crippen molar-refractivity contribution in [3.05, 3.63) is 70.2 Å². The van der Waals surface area contributed by atoms with E-state index in [0.717, 1.165) is 10.9 Å². The van der Waals surface area contributed by atoms with Crippen molar-refractivity contribution in [1.82, 2.24) is 9.88 Å². The Morgan fingerprint density at radius 2 is 1.97 bits per heavy atom. The standard InChI is InChI=1S/C26H25ClN2O5/c1-3-33-26(31)20-15(2)34-25-18-7-5-4-6-17(18)24(30)22(21(20)25)23(29-10-12-32-13-11-29)16-8-9-28-19(27)14-16/h4-9,14,23,30H,3,10-13H2,1-2H3. The first kappa shape index (κ1) is 22.7. The van der Waals surface area contributed by atoms with Gasteiger partial charge in [0.1, 0.15) is 27.8 Å². The zero-order valence-corrected chi connectivity index (χ0v) is 19.8. The number of nitrogens with zero attached hydrogens (tertiary/aromatic N) is 2. The van der Waals surface area contributed by atoms with Crippen LogP contribution < -0.4 is 0 Å². The summed E-state index contributed by atoms with van der Waals surface area (Å²) in [5.74, 6) is 0.0565. The highest BCUT2D eigenvalue weighted by atomic mass is 35.5. The number of aromatic nitrogens is 1. The smallest absolute Gasteiger partial charge is 0.342 e. The lowest BCUT2D eigenvalue weighted by Gasteiger charge is -2.36. The minimum atomic E-state index is -0.483. The summed E-state index contributed by atoms with van der Waals surface area (Å²) < 4.78 is 17.2. The van der Waals surface area contributed by atoms with Gasteiger partial charge in [-0.25, -0.2) is 9.78 Å². The highest BCUT2D eigenvalue weighted by Crippen LogP contribution is 2.47. The predicted octanol–water partition coefficient (Wildman–Crippen LogP) is 5.25. The Kier molecular flexibility index (Phi) is 6.16. The maximum absolute atomic E-state index is 13.1. The van der Waals surface area contributed by atoms with Gasteiger partial charge in [0.05, 0.1) is 25.9 Å². The maximum Gasteiger partial charge on any atom is 0.342 e. The normalized spacial score (nSPS) is 15.6.